The van der Waals surface area contributed by atoms with Crippen molar-refractivity contribution in [2.75, 3.05) is 30.4 Å². The minimum atomic E-state index is -3.59. The molecule has 1 aliphatic heterocycles. The fraction of sp³-hybridized carbons (Fsp3) is 0.417. The van der Waals surface area contributed by atoms with Gasteiger partial charge in [0.1, 0.15) is 0 Å². The number of amides is 1. The second-order valence-electron chi connectivity index (χ2n) is 4.28. The monoisotopic (exact) mass is 349 g/mol. The molecule has 6 nitrogen and oxygen atoms in total. The quantitative estimate of drug-likeness (QED) is 0.605. The summed E-state index contributed by atoms with van der Waals surface area (Å²) in [7, 11) is 0. The third-order valence-corrected chi connectivity index (χ3v) is 5.90. The number of carbonyl (C=O) groups is 1. The van der Waals surface area contributed by atoms with E-state index >= 15 is 0 Å². The van der Waals surface area contributed by atoms with E-state index in [2.05, 4.69) is 12.2 Å². The molecular formula is C12H16NO5PS2. The smallest absolute Gasteiger partial charge is 0.308 e. The maximum Gasteiger partial charge on any atom is 0.308 e. The molecule has 1 atom stereocenters. The van der Waals surface area contributed by atoms with Gasteiger partial charge in [-0.2, -0.15) is 0 Å². The van der Waals surface area contributed by atoms with Crippen LogP contribution in [0.15, 0.2) is 30.3 Å². The lowest BCUT2D eigenvalue weighted by Crippen LogP contribution is -2.39. The molecule has 1 aliphatic rings. The van der Waals surface area contributed by atoms with Crippen molar-refractivity contribution in [3.8, 4) is 0 Å². The highest BCUT2D eigenvalue weighted by molar-refractivity contribution is 8.84. The third kappa shape index (κ3) is 5.65. The van der Waals surface area contributed by atoms with Crippen molar-refractivity contribution in [3.63, 3.8) is 0 Å². The molecule has 1 unspecified atom stereocenters. The van der Waals surface area contributed by atoms with Gasteiger partial charge in [-0.05, 0) is 23.5 Å². The maximum absolute atomic E-state index is 12.3. The minimum absolute atomic E-state index is 0.140. The molecule has 1 amide bonds. The lowest BCUT2D eigenvalue weighted by Gasteiger charge is -2.25. The molecule has 1 aromatic rings. The first-order chi connectivity index (χ1) is 9.96. The van der Waals surface area contributed by atoms with Gasteiger partial charge in [-0.15, -0.1) is 0 Å². The fourth-order valence-electron chi connectivity index (χ4n) is 1.84. The average Bonchev–Trinajstić information content (AvgIpc) is 2.95. The number of carbonyl (C=O) groups excluding carboxylic acids is 1. The Morgan fingerprint density at radius 2 is 2.00 bits per heavy atom. The second kappa shape index (κ2) is 7.67. The molecule has 0 saturated carbocycles. The Kier molecular flexibility index (Phi) is 6.16. The number of anilines is 1. The van der Waals surface area contributed by atoms with Crippen LogP contribution in [-0.2, 0) is 18.8 Å². The number of hydrogen-bond donors (Lipinski definition) is 2. The van der Waals surface area contributed by atoms with Crippen molar-refractivity contribution in [3.05, 3.63) is 30.3 Å². The molecule has 1 heterocycles. The van der Waals surface area contributed by atoms with Crippen LogP contribution in [0.2, 0.25) is 0 Å². The molecule has 0 aromatic heterocycles. The number of benzene rings is 1. The van der Waals surface area contributed by atoms with E-state index in [1.165, 1.54) is 4.90 Å². The van der Waals surface area contributed by atoms with E-state index in [-0.39, 0.29) is 18.2 Å². The molecule has 9 heteroatoms. The van der Waals surface area contributed by atoms with Crippen LogP contribution in [0.5, 0.6) is 0 Å². The van der Waals surface area contributed by atoms with Crippen LogP contribution in [-0.4, -0.2) is 42.6 Å². The number of nitrogens with zero attached hydrogens (tertiary/aromatic N) is 1. The second-order valence-corrected chi connectivity index (χ2v) is 10.5. The summed E-state index contributed by atoms with van der Waals surface area (Å²) in [6.45, 7) is 1.24. The number of rotatable bonds is 6. The van der Waals surface area contributed by atoms with Gasteiger partial charge in [0.25, 0.3) is 0 Å². The van der Waals surface area contributed by atoms with E-state index < -0.39 is 12.1 Å². The highest BCUT2D eigenvalue weighted by atomic mass is 33.1. The van der Waals surface area contributed by atoms with Crippen LogP contribution in [0.3, 0.4) is 0 Å². The fourth-order valence-corrected chi connectivity index (χ4v) is 3.63. The van der Waals surface area contributed by atoms with Gasteiger partial charge in [-0.25, -0.2) is 0 Å². The van der Waals surface area contributed by atoms with E-state index in [4.69, 9.17) is 14.4 Å². The van der Waals surface area contributed by atoms with Crippen LogP contribution in [0.1, 0.15) is 0 Å². The predicted molar refractivity (Wildman–Crippen MR) is 85.8 cm³/mol. The number of hydrogen-bond acceptors (Lipinski definition) is 5. The number of thiol groups is 1. The summed E-state index contributed by atoms with van der Waals surface area (Å²) in [4.78, 5) is 23.0. The molecule has 0 aliphatic carbocycles. The SMILES string of the molecule is O=C(CSP(=O)(O)S)N(CC1OCCO1)c1ccccc1. The Bertz CT molecular complexity index is 518. The van der Waals surface area contributed by atoms with Crippen molar-refractivity contribution in [2.24, 2.45) is 0 Å². The van der Waals surface area contributed by atoms with Crippen LogP contribution in [0, 0.1) is 0 Å². The van der Waals surface area contributed by atoms with Gasteiger partial charge < -0.3 is 19.3 Å². The molecule has 116 valence electrons. The van der Waals surface area contributed by atoms with E-state index in [1.54, 1.807) is 12.1 Å². The summed E-state index contributed by atoms with van der Waals surface area (Å²) >= 11 is 4.18. The zero-order chi connectivity index (χ0) is 15.3. The summed E-state index contributed by atoms with van der Waals surface area (Å²) in [5.41, 5.74) is 0.689. The van der Waals surface area contributed by atoms with E-state index in [0.717, 1.165) is 0 Å². The average molecular weight is 349 g/mol. The normalized spacial score (nSPS) is 18.4. The largest absolute Gasteiger partial charge is 0.348 e. The standard InChI is InChI=1S/C12H16NO5PS2/c14-11(9-21-19(15,16)20)13(8-12-17-6-7-18-12)10-4-2-1-3-5-10/h1-5,12H,6-9H2,(H2,15,16,20). The van der Waals surface area contributed by atoms with Crippen LogP contribution in [0.4, 0.5) is 5.69 Å². The summed E-state index contributed by atoms with van der Waals surface area (Å²) in [6.07, 6.45) is -0.476. The van der Waals surface area contributed by atoms with Gasteiger partial charge in [-0.3, -0.25) is 9.36 Å². The molecular weight excluding hydrogens is 333 g/mol. The highest BCUT2D eigenvalue weighted by Gasteiger charge is 2.26. The molecule has 0 bridgehead atoms. The molecule has 1 fully saturated rings. The summed E-state index contributed by atoms with van der Waals surface area (Å²) in [6, 6.07) is 9.05. The Morgan fingerprint density at radius 1 is 1.38 bits per heavy atom. The van der Waals surface area contributed by atoms with Crippen molar-refractivity contribution in [2.45, 2.75) is 6.29 Å². The summed E-state index contributed by atoms with van der Waals surface area (Å²) in [5.74, 6) is -4.02. The topological polar surface area (TPSA) is 76.1 Å². The minimum Gasteiger partial charge on any atom is -0.348 e. The Labute approximate surface area is 132 Å². The first-order valence-electron chi connectivity index (χ1n) is 6.24. The van der Waals surface area contributed by atoms with Crippen molar-refractivity contribution in [1.82, 2.24) is 0 Å². The van der Waals surface area contributed by atoms with Crippen LogP contribution < -0.4 is 4.90 Å². The number of para-hydroxylation sites is 1. The zero-order valence-corrected chi connectivity index (χ0v) is 13.7. The van der Waals surface area contributed by atoms with Crippen molar-refractivity contribution >= 4 is 41.0 Å². The number of ether oxygens (including phenoxy) is 2. The molecule has 1 aromatic carbocycles. The molecule has 0 spiro atoms. The third-order valence-electron chi connectivity index (χ3n) is 2.75. The lowest BCUT2D eigenvalue weighted by molar-refractivity contribution is -0.117. The summed E-state index contributed by atoms with van der Waals surface area (Å²) in [5, 5.41) is 0. The van der Waals surface area contributed by atoms with Crippen LogP contribution >= 0.6 is 29.4 Å². The van der Waals surface area contributed by atoms with Crippen molar-refractivity contribution < 1.29 is 23.7 Å². The highest BCUT2D eigenvalue weighted by Crippen LogP contribution is 2.58. The van der Waals surface area contributed by atoms with E-state index in [0.29, 0.717) is 30.3 Å². The lowest BCUT2D eigenvalue weighted by atomic mass is 10.3. The van der Waals surface area contributed by atoms with Gasteiger partial charge in [0.2, 0.25) is 5.91 Å². The molecule has 21 heavy (non-hydrogen) atoms. The summed E-state index contributed by atoms with van der Waals surface area (Å²) < 4.78 is 21.9. The molecule has 1 saturated heterocycles. The van der Waals surface area contributed by atoms with Gasteiger partial charge in [0.05, 0.1) is 25.5 Å². The van der Waals surface area contributed by atoms with Gasteiger partial charge in [-0.1, -0.05) is 30.4 Å². The predicted octanol–water partition coefficient (Wildman–Crippen LogP) is 2.16. The van der Waals surface area contributed by atoms with E-state index in [1.807, 2.05) is 18.2 Å². The van der Waals surface area contributed by atoms with Gasteiger partial charge >= 0.3 is 5.77 Å². The first-order valence-corrected chi connectivity index (χ1v) is 10.6. The van der Waals surface area contributed by atoms with Gasteiger partial charge in [0, 0.05) is 5.69 Å². The van der Waals surface area contributed by atoms with Crippen LogP contribution in [0.25, 0.3) is 0 Å². The Morgan fingerprint density at radius 3 is 2.57 bits per heavy atom. The van der Waals surface area contributed by atoms with E-state index in [9.17, 15) is 9.36 Å². The Hall–Kier alpha value is -0.500. The Balaban J connectivity index is 2.07. The molecule has 1 N–H and O–H groups in total. The zero-order valence-electron chi connectivity index (χ0n) is 11.1. The maximum atomic E-state index is 12.3. The molecule has 2 rings (SSSR count). The van der Waals surface area contributed by atoms with Crippen molar-refractivity contribution in [1.29, 1.82) is 0 Å². The molecule has 0 radical (unpaired) electrons. The van der Waals surface area contributed by atoms with Gasteiger partial charge in [0.15, 0.2) is 6.29 Å². The first kappa shape index (κ1) is 16.9.